The van der Waals surface area contributed by atoms with Crippen LogP contribution in [-0.4, -0.2) is 16.4 Å². The van der Waals surface area contributed by atoms with Crippen LogP contribution in [-0.2, 0) is 0 Å². The Balaban J connectivity index is 3.07. The van der Waals surface area contributed by atoms with E-state index in [1.807, 2.05) is 0 Å². The first-order chi connectivity index (χ1) is 8.06. The van der Waals surface area contributed by atoms with Crippen molar-refractivity contribution in [2.75, 3.05) is 11.9 Å². The summed E-state index contributed by atoms with van der Waals surface area (Å²) in [7, 11) is 0. The molecular formula is C10H9N3O4. The van der Waals surface area contributed by atoms with Crippen molar-refractivity contribution in [3.63, 3.8) is 0 Å². The smallest absolute Gasteiger partial charge is 0.299 e. The predicted octanol–water partition coefficient (Wildman–Crippen LogP) is 1.94. The molecule has 0 saturated carbocycles. The molecule has 0 atom stereocenters. The van der Waals surface area contributed by atoms with Crippen LogP contribution in [0.3, 0.4) is 0 Å². The van der Waals surface area contributed by atoms with Crippen LogP contribution in [0.4, 0.5) is 17.1 Å². The molecule has 0 aliphatic rings. The number of benzene rings is 1. The zero-order valence-electron chi connectivity index (χ0n) is 8.97. The average Bonchev–Trinajstić information content (AvgIpc) is 2.29. The van der Waals surface area contributed by atoms with Crippen LogP contribution >= 0.6 is 0 Å². The van der Waals surface area contributed by atoms with Crippen molar-refractivity contribution in [2.24, 2.45) is 0 Å². The van der Waals surface area contributed by atoms with E-state index in [2.05, 4.69) is 17.2 Å². The maximum atomic E-state index is 10.7. The first-order valence-electron chi connectivity index (χ1n) is 4.62. The van der Waals surface area contributed by atoms with Gasteiger partial charge in [0.05, 0.1) is 22.5 Å². The summed E-state index contributed by atoms with van der Waals surface area (Å²) in [6.45, 7) is 1.89. The van der Waals surface area contributed by atoms with Crippen LogP contribution in [0.25, 0.3) is 0 Å². The molecule has 1 aromatic carbocycles. The van der Waals surface area contributed by atoms with Crippen LogP contribution < -0.4 is 5.32 Å². The lowest BCUT2D eigenvalue weighted by Crippen LogP contribution is -2.03. The molecule has 0 saturated heterocycles. The van der Waals surface area contributed by atoms with Crippen LogP contribution in [0, 0.1) is 32.1 Å². The summed E-state index contributed by atoms with van der Waals surface area (Å²) in [5.41, 5.74) is -0.440. The summed E-state index contributed by atoms with van der Waals surface area (Å²) in [5.74, 6) is 5.31. The lowest BCUT2D eigenvalue weighted by atomic mass is 10.2. The molecular weight excluding hydrogens is 226 g/mol. The van der Waals surface area contributed by atoms with E-state index in [0.29, 0.717) is 0 Å². The van der Waals surface area contributed by atoms with Crippen molar-refractivity contribution in [1.29, 1.82) is 0 Å². The predicted molar refractivity (Wildman–Crippen MR) is 61.7 cm³/mol. The molecule has 88 valence electrons. The number of hydrogen-bond acceptors (Lipinski definition) is 5. The van der Waals surface area contributed by atoms with Gasteiger partial charge in [-0.1, -0.05) is 5.92 Å². The molecule has 0 unspecified atom stereocenters. The lowest BCUT2D eigenvalue weighted by Gasteiger charge is -2.03. The van der Waals surface area contributed by atoms with E-state index in [4.69, 9.17) is 0 Å². The van der Waals surface area contributed by atoms with Gasteiger partial charge in [-0.15, -0.1) is 5.92 Å². The molecule has 0 bridgehead atoms. The van der Waals surface area contributed by atoms with Crippen LogP contribution in [0.1, 0.15) is 6.92 Å². The van der Waals surface area contributed by atoms with E-state index in [1.54, 1.807) is 6.92 Å². The summed E-state index contributed by atoms with van der Waals surface area (Å²) in [6.07, 6.45) is 0. The first-order valence-corrected chi connectivity index (χ1v) is 4.62. The number of hydrogen-bond donors (Lipinski definition) is 1. The number of anilines is 1. The van der Waals surface area contributed by atoms with Gasteiger partial charge in [-0.05, 0) is 13.0 Å². The van der Waals surface area contributed by atoms with Gasteiger partial charge in [0.25, 0.3) is 11.4 Å². The standard InChI is InChI=1S/C10H9N3O4/c1-2-3-6-11-9-5-4-8(12(14)15)7-10(9)13(16)17/h4-5,7,11H,6H2,1H3. The average molecular weight is 235 g/mol. The summed E-state index contributed by atoms with van der Waals surface area (Å²) >= 11 is 0. The number of non-ortho nitro benzene ring substituents is 1. The molecule has 1 N–H and O–H groups in total. The Bertz CT molecular complexity index is 516. The fourth-order valence-corrected chi connectivity index (χ4v) is 1.16. The molecule has 0 radical (unpaired) electrons. The third kappa shape index (κ3) is 3.17. The number of nitrogens with one attached hydrogen (secondary N) is 1. The minimum Gasteiger partial charge on any atom is -0.369 e. The molecule has 0 spiro atoms. The highest BCUT2D eigenvalue weighted by molar-refractivity contribution is 5.65. The van der Waals surface area contributed by atoms with Gasteiger partial charge in [0.2, 0.25) is 0 Å². The van der Waals surface area contributed by atoms with E-state index in [0.717, 1.165) is 6.07 Å². The highest BCUT2D eigenvalue weighted by Gasteiger charge is 2.18. The van der Waals surface area contributed by atoms with E-state index in [1.165, 1.54) is 12.1 Å². The van der Waals surface area contributed by atoms with E-state index in [-0.39, 0.29) is 23.6 Å². The van der Waals surface area contributed by atoms with Crippen LogP contribution in [0.2, 0.25) is 0 Å². The minimum atomic E-state index is -0.678. The largest absolute Gasteiger partial charge is 0.369 e. The molecule has 0 aromatic heterocycles. The maximum Gasteiger partial charge on any atom is 0.299 e. The molecule has 17 heavy (non-hydrogen) atoms. The Hall–Kier alpha value is -2.62. The topological polar surface area (TPSA) is 98.3 Å². The normalized spacial score (nSPS) is 9.00. The Morgan fingerprint density at radius 3 is 2.53 bits per heavy atom. The van der Waals surface area contributed by atoms with Gasteiger partial charge in [0.1, 0.15) is 5.69 Å². The molecule has 0 heterocycles. The van der Waals surface area contributed by atoms with Gasteiger partial charge < -0.3 is 5.32 Å². The fourth-order valence-electron chi connectivity index (χ4n) is 1.16. The fraction of sp³-hybridized carbons (Fsp3) is 0.200. The number of rotatable bonds is 4. The monoisotopic (exact) mass is 235 g/mol. The van der Waals surface area contributed by atoms with Crippen molar-refractivity contribution in [3.8, 4) is 11.8 Å². The van der Waals surface area contributed by atoms with Crippen molar-refractivity contribution < 1.29 is 9.85 Å². The summed E-state index contributed by atoms with van der Waals surface area (Å²) in [4.78, 5) is 19.9. The van der Waals surface area contributed by atoms with Gasteiger partial charge in [-0.2, -0.15) is 0 Å². The van der Waals surface area contributed by atoms with Crippen molar-refractivity contribution in [2.45, 2.75) is 6.92 Å². The summed E-state index contributed by atoms with van der Waals surface area (Å²) in [6, 6.07) is 3.42. The van der Waals surface area contributed by atoms with Gasteiger partial charge in [-0.3, -0.25) is 20.2 Å². The van der Waals surface area contributed by atoms with Gasteiger partial charge in [0.15, 0.2) is 0 Å². The van der Waals surface area contributed by atoms with E-state index >= 15 is 0 Å². The Morgan fingerprint density at radius 2 is 2.00 bits per heavy atom. The van der Waals surface area contributed by atoms with Crippen molar-refractivity contribution in [1.82, 2.24) is 0 Å². The van der Waals surface area contributed by atoms with Gasteiger partial charge >= 0.3 is 0 Å². The quantitative estimate of drug-likeness (QED) is 0.488. The third-order valence-corrected chi connectivity index (χ3v) is 1.93. The minimum absolute atomic E-state index is 0.211. The number of nitro benzene ring substituents is 2. The first kappa shape index (κ1) is 12.4. The summed E-state index contributed by atoms with van der Waals surface area (Å²) in [5, 5.41) is 23.9. The highest BCUT2D eigenvalue weighted by Crippen LogP contribution is 2.28. The highest BCUT2D eigenvalue weighted by atomic mass is 16.6. The zero-order valence-corrected chi connectivity index (χ0v) is 8.97. The lowest BCUT2D eigenvalue weighted by molar-refractivity contribution is -0.393. The maximum absolute atomic E-state index is 10.7. The Morgan fingerprint density at radius 1 is 1.29 bits per heavy atom. The zero-order chi connectivity index (χ0) is 12.8. The number of nitro groups is 2. The molecule has 7 nitrogen and oxygen atoms in total. The second-order valence-corrected chi connectivity index (χ2v) is 3.00. The van der Waals surface area contributed by atoms with Crippen LogP contribution in [0.15, 0.2) is 18.2 Å². The second kappa shape index (κ2) is 5.46. The Labute approximate surface area is 96.7 Å². The van der Waals surface area contributed by atoms with Gasteiger partial charge in [-0.25, -0.2) is 0 Å². The SMILES string of the molecule is CC#CCNc1ccc([N+](=O)[O-])cc1[N+](=O)[O-]. The molecule has 1 rings (SSSR count). The van der Waals surface area contributed by atoms with E-state index in [9.17, 15) is 20.2 Å². The molecule has 0 aliphatic carbocycles. The second-order valence-electron chi connectivity index (χ2n) is 3.00. The van der Waals surface area contributed by atoms with E-state index < -0.39 is 9.85 Å². The Kier molecular flexibility index (Phi) is 4.00. The molecule has 0 fully saturated rings. The van der Waals surface area contributed by atoms with Crippen LogP contribution in [0.5, 0.6) is 0 Å². The van der Waals surface area contributed by atoms with Crippen molar-refractivity contribution >= 4 is 17.1 Å². The summed E-state index contributed by atoms with van der Waals surface area (Å²) < 4.78 is 0. The van der Waals surface area contributed by atoms with Crippen molar-refractivity contribution in [3.05, 3.63) is 38.4 Å². The molecule has 0 amide bonds. The molecule has 7 heteroatoms. The van der Waals surface area contributed by atoms with Gasteiger partial charge in [0, 0.05) is 6.07 Å². The number of nitrogens with zero attached hydrogens (tertiary/aromatic N) is 2. The molecule has 1 aromatic rings. The molecule has 0 aliphatic heterocycles. The third-order valence-electron chi connectivity index (χ3n) is 1.93.